The van der Waals surface area contributed by atoms with Crippen molar-refractivity contribution in [2.24, 2.45) is 5.92 Å². The van der Waals surface area contributed by atoms with Gasteiger partial charge in [0.2, 0.25) is 0 Å². The lowest BCUT2D eigenvalue weighted by atomic mass is 10.1. The number of hydrogen-bond acceptors (Lipinski definition) is 4. The zero-order valence-corrected chi connectivity index (χ0v) is 14.2. The summed E-state index contributed by atoms with van der Waals surface area (Å²) in [4.78, 5) is 12.2. The Morgan fingerprint density at radius 1 is 1.48 bits per heavy atom. The minimum Gasteiger partial charge on any atom is -0.383 e. The molecule has 120 valence electrons. The first kappa shape index (κ1) is 18.0. The molecule has 1 aromatic heterocycles. The normalized spacial score (nSPS) is 13.4. The molecule has 0 aliphatic heterocycles. The Labute approximate surface area is 129 Å². The molecule has 1 aromatic rings. The van der Waals surface area contributed by atoms with Crippen molar-refractivity contribution in [3.8, 4) is 0 Å². The second kappa shape index (κ2) is 7.29. The smallest absolute Gasteiger partial charge is 0.268 e. The fourth-order valence-electron chi connectivity index (χ4n) is 1.89. The van der Waals surface area contributed by atoms with Crippen LogP contribution in [0.25, 0.3) is 0 Å². The molecule has 0 radical (unpaired) electrons. The second-order valence-corrected chi connectivity index (χ2v) is 7.63. The number of methoxy groups -OCH3 is 1. The van der Waals surface area contributed by atoms with Gasteiger partial charge in [-0.3, -0.25) is 4.79 Å². The highest BCUT2D eigenvalue weighted by molar-refractivity contribution is 8.13. The minimum atomic E-state index is -3.86. The third-order valence-corrected chi connectivity index (χ3v) is 4.51. The Morgan fingerprint density at radius 2 is 2.10 bits per heavy atom. The van der Waals surface area contributed by atoms with Gasteiger partial charge < -0.3 is 14.6 Å². The molecular weight excluding hydrogens is 316 g/mol. The maximum Gasteiger partial charge on any atom is 0.268 e. The quantitative estimate of drug-likeness (QED) is 0.771. The van der Waals surface area contributed by atoms with Gasteiger partial charge in [0.05, 0.1) is 12.6 Å². The number of amides is 1. The van der Waals surface area contributed by atoms with E-state index in [0.29, 0.717) is 13.2 Å². The Balaban J connectivity index is 3.04. The van der Waals surface area contributed by atoms with Crippen molar-refractivity contribution >= 4 is 25.6 Å². The number of hydrogen-bond donors (Lipinski definition) is 1. The van der Waals surface area contributed by atoms with Gasteiger partial charge in [-0.15, -0.1) is 0 Å². The predicted molar refractivity (Wildman–Crippen MR) is 81.1 cm³/mol. The first-order valence-corrected chi connectivity index (χ1v) is 8.96. The van der Waals surface area contributed by atoms with Crippen molar-refractivity contribution in [3.05, 3.63) is 18.0 Å². The number of halogens is 1. The van der Waals surface area contributed by atoms with Crippen LogP contribution in [0.5, 0.6) is 0 Å². The summed E-state index contributed by atoms with van der Waals surface area (Å²) in [6.07, 6.45) is 1.36. The molecule has 21 heavy (non-hydrogen) atoms. The van der Waals surface area contributed by atoms with Crippen LogP contribution in [-0.2, 0) is 20.3 Å². The van der Waals surface area contributed by atoms with E-state index in [2.05, 4.69) is 5.32 Å². The molecule has 1 rings (SSSR count). The summed E-state index contributed by atoms with van der Waals surface area (Å²) in [5, 5.41) is 2.85. The van der Waals surface area contributed by atoms with Crippen LogP contribution in [0.3, 0.4) is 0 Å². The molecule has 1 atom stereocenters. The molecule has 6 nitrogen and oxygen atoms in total. The van der Waals surface area contributed by atoms with Gasteiger partial charge in [-0.25, -0.2) is 8.42 Å². The molecule has 0 saturated carbocycles. The van der Waals surface area contributed by atoms with Gasteiger partial charge in [-0.2, -0.15) is 0 Å². The first-order chi connectivity index (χ1) is 9.70. The average Bonchev–Trinajstić information content (AvgIpc) is 2.81. The van der Waals surface area contributed by atoms with Gasteiger partial charge in [-0.1, -0.05) is 13.8 Å². The molecule has 0 aromatic carbocycles. The highest BCUT2D eigenvalue weighted by Crippen LogP contribution is 2.19. The third-order valence-electron chi connectivity index (χ3n) is 3.19. The van der Waals surface area contributed by atoms with Crippen molar-refractivity contribution in [2.75, 3.05) is 13.7 Å². The summed E-state index contributed by atoms with van der Waals surface area (Å²) in [6.45, 7) is 6.61. The fourth-order valence-corrected chi connectivity index (χ4v) is 2.65. The van der Waals surface area contributed by atoms with Crippen molar-refractivity contribution in [1.29, 1.82) is 0 Å². The molecule has 1 N–H and O–H groups in total. The molecule has 0 aliphatic rings. The molecule has 8 heteroatoms. The van der Waals surface area contributed by atoms with E-state index in [1.807, 2.05) is 20.8 Å². The Morgan fingerprint density at radius 3 is 2.52 bits per heavy atom. The van der Waals surface area contributed by atoms with Crippen LogP contribution in [0, 0.1) is 5.92 Å². The molecule has 0 aliphatic carbocycles. The molecule has 0 fully saturated rings. The van der Waals surface area contributed by atoms with E-state index in [9.17, 15) is 13.2 Å². The van der Waals surface area contributed by atoms with E-state index >= 15 is 0 Å². The van der Waals surface area contributed by atoms with E-state index in [4.69, 9.17) is 15.4 Å². The second-order valence-electron chi connectivity index (χ2n) is 5.06. The number of carbonyl (C=O) groups excluding carboxylic acids is 1. The van der Waals surface area contributed by atoms with E-state index < -0.39 is 9.05 Å². The SMILES string of the molecule is CCn1cc(S(=O)(=O)Cl)cc1C(=O)NC(COC)C(C)C. The van der Waals surface area contributed by atoms with Crippen LogP contribution in [0.1, 0.15) is 31.3 Å². The number of nitrogens with zero attached hydrogens (tertiary/aromatic N) is 1. The van der Waals surface area contributed by atoms with E-state index in [-0.39, 0.29) is 28.5 Å². The van der Waals surface area contributed by atoms with Gasteiger partial charge in [-0.05, 0) is 18.9 Å². The molecule has 1 amide bonds. The largest absolute Gasteiger partial charge is 0.383 e. The van der Waals surface area contributed by atoms with Crippen LogP contribution in [0.4, 0.5) is 0 Å². The van der Waals surface area contributed by atoms with Gasteiger partial charge in [0.25, 0.3) is 15.0 Å². The van der Waals surface area contributed by atoms with E-state index in [1.54, 1.807) is 11.7 Å². The maximum absolute atomic E-state index is 12.3. The highest BCUT2D eigenvalue weighted by Gasteiger charge is 2.22. The number of nitrogens with one attached hydrogen (secondary N) is 1. The number of aryl methyl sites for hydroxylation is 1. The average molecular weight is 337 g/mol. The number of rotatable bonds is 7. The van der Waals surface area contributed by atoms with Crippen molar-refractivity contribution < 1.29 is 17.9 Å². The molecule has 1 unspecified atom stereocenters. The Hall–Kier alpha value is -1.05. The lowest BCUT2D eigenvalue weighted by molar-refractivity contribution is 0.0857. The molecule has 1 heterocycles. The van der Waals surface area contributed by atoms with Crippen LogP contribution < -0.4 is 5.32 Å². The van der Waals surface area contributed by atoms with Crippen LogP contribution in [-0.4, -0.2) is 38.7 Å². The van der Waals surface area contributed by atoms with Gasteiger partial charge >= 0.3 is 0 Å². The number of carbonyl (C=O) groups is 1. The van der Waals surface area contributed by atoms with Crippen LogP contribution in [0.15, 0.2) is 17.2 Å². The topological polar surface area (TPSA) is 77.4 Å². The molecule has 0 saturated heterocycles. The zero-order valence-electron chi connectivity index (χ0n) is 12.6. The summed E-state index contributed by atoms with van der Waals surface area (Å²) in [7, 11) is 3.03. The predicted octanol–water partition coefficient (Wildman–Crippen LogP) is 1.84. The van der Waals surface area contributed by atoms with Crippen molar-refractivity contribution in [1.82, 2.24) is 9.88 Å². The molecular formula is C13H21ClN2O4S. The Kier molecular flexibility index (Phi) is 6.24. The van der Waals surface area contributed by atoms with Crippen LogP contribution >= 0.6 is 10.7 Å². The summed E-state index contributed by atoms with van der Waals surface area (Å²) in [6, 6.07) is 1.13. The fraction of sp³-hybridized carbons (Fsp3) is 0.615. The first-order valence-electron chi connectivity index (χ1n) is 6.65. The van der Waals surface area contributed by atoms with Crippen LogP contribution in [0.2, 0.25) is 0 Å². The monoisotopic (exact) mass is 336 g/mol. The molecule has 0 bridgehead atoms. The highest BCUT2D eigenvalue weighted by atomic mass is 35.7. The van der Waals surface area contributed by atoms with Crippen molar-refractivity contribution in [3.63, 3.8) is 0 Å². The maximum atomic E-state index is 12.3. The summed E-state index contributed by atoms with van der Waals surface area (Å²) < 4.78 is 29.4. The number of aromatic nitrogens is 1. The summed E-state index contributed by atoms with van der Waals surface area (Å²) in [5.41, 5.74) is 0.262. The molecule has 0 spiro atoms. The van der Waals surface area contributed by atoms with Gasteiger partial charge in [0.1, 0.15) is 10.6 Å². The minimum absolute atomic E-state index is 0.0796. The zero-order chi connectivity index (χ0) is 16.2. The number of ether oxygens (including phenoxy) is 1. The van der Waals surface area contributed by atoms with Gasteiger partial charge in [0, 0.05) is 30.5 Å². The lowest BCUT2D eigenvalue weighted by Crippen LogP contribution is -2.42. The standard InChI is InChI=1S/C13H21ClN2O4S/c1-5-16-7-10(21(14,18)19)6-12(16)13(17)15-11(8-20-4)9(2)3/h6-7,9,11H,5,8H2,1-4H3,(H,15,17). The lowest BCUT2D eigenvalue weighted by Gasteiger charge is -2.21. The summed E-state index contributed by atoms with van der Waals surface area (Å²) in [5.74, 6) is -0.158. The van der Waals surface area contributed by atoms with Crippen molar-refractivity contribution in [2.45, 2.75) is 38.3 Å². The van der Waals surface area contributed by atoms with E-state index in [1.165, 1.54) is 12.3 Å². The Bertz CT molecular complexity index is 595. The van der Waals surface area contributed by atoms with Gasteiger partial charge in [0.15, 0.2) is 0 Å². The van der Waals surface area contributed by atoms with E-state index in [0.717, 1.165) is 0 Å². The summed E-state index contributed by atoms with van der Waals surface area (Å²) >= 11 is 0. The third kappa shape index (κ3) is 4.72.